The minimum Gasteiger partial charge on any atom is -0.495 e. The fourth-order valence-electron chi connectivity index (χ4n) is 0.959. The Morgan fingerprint density at radius 3 is 2.69 bits per heavy atom. The highest BCUT2D eigenvalue weighted by Crippen LogP contribution is 2.24. The van der Waals surface area contributed by atoms with Gasteiger partial charge in [-0.3, -0.25) is 5.43 Å². The lowest BCUT2D eigenvalue weighted by atomic mass is 10.3. The summed E-state index contributed by atoms with van der Waals surface area (Å²) in [6, 6.07) is 6.91. The zero-order chi connectivity index (χ0) is 12.0. The number of halogens is 1. The maximum absolute atomic E-state index is 12.9. The van der Waals surface area contributed by atoms with Crippen LogP contribution in [0.25, 0.3) is 0 Å². The van der Waals surface area contributed by atoms with Crippen molar-refractivity contribution in [3.63, 3.8) is 0 Å². The van der Waals surface area contributed by atoms with Crippen LogP contribution in [-0.4, -0.2) is 12.8 Å². The molecule has 1 N–H and O–H groups in total. The highest BCUT2D eigenvalue weighted by Gasteiger charge is 2.03. The molecular weight excluding hydrogens is 211 g/mol. The van der Waals surface area contributed by atoms with E-state index in [1.165, 1.54) is 19.2 Å². The van der Waals surface area contributed by atoms with Crippen molar-refractivity contribution in [1.82, 2.24) is 0 Å². The molecule has 0 saturated heterocycles. The Morgan fingerprint density at radius 1 is 1.44 bits per heavy atom. The molecule has 0 spiro atoms. The first-order valence-corrected chi connectivity index (χ1v) is 4.18. The number of nitrogens with one attached hydrogen (secondary N) is 1. The van der Waals surface area contributed by atoms with Crippen molar-refractivity contribution in [1.29, 1.82) is 10.5 Å². The number of hydrogen-bond donors (Lipinski definition) is 1. The monoisotopic (exact) mass is 218 g/mol. The van der Waals surface area contributed by atoms with Crippen molar-refractivity contribution in [2.24, 2.45) is 5.10 Å². The first-order chi connectivity index (χ1) is 7.71. The van der Waals surface area contributed by atoms with E-state index in [2.05, 4.69) is 10.5 Å². The Hall–Kier alpha value is -2.60. The van der Waals surface area contributed by atoms with Crippen LogP contribution in [0, 0.1) is 28.5 Å². The van der Waals surface area contributed by atoms with Crippen molar-refractivity contribution >= 4 is 11.4 Å². The Balaban J connectivity index is 2.98. The van der Waals surface area contributed by atoms with E-state index in [1.54, 1.807) is 12.1 Å². The van der Waals surface area contributed by atoms with Crippen LogP contribution in [0.1, 0.15) is 0 Å². The zero-order valence-electron chi connectivity index (χ0n) is 8.36. The van der Waals surface area contributed by atoms with E-state index in [4.69, 9.17) is 15.3 Å². The van der Waals surface area contributed by atoms with E-state index in [0.29, 0.717) is 5.75 Å². The molecular formula is C10H7FN4O. The zero-order valence-corrected chi connectivity index (χ0v) is 8.36. The molecule has 16 heavy (non-hydrogen) atoms. The molecule has 0 saturated carbocycles. The molecule has 0 aliphatic carbocycles. The maximum atomic E-state index is 12.9. The van der Waals surface area contributed by atoms with E-state index in [1.807, 2.05) is 0 Å². The van der Waals surface area contributed by atoms with Gasteiger partial charge >= 0.3 is 0 Å². The van der Waals surface area contributed by atoms with Crippen LogP contribution in [0.15, 0.2) is 23.3 Å². The van der Waals surface area contributed by atoms with Gasteiger partial charge in [-0.15, -0.1) is 0 Å². The Morgan fingerprint density at radius 2 is 2.12 bits per heavy atom. The van der Waals surface area contributed by atoms with Crippen LogP contribution in [0.2, 0.25) is 0 Å². The molecule has 0 bridgehead atoms. The van der Waals surface area contributed by atoms with Gasteiger partial charge < -0.3 is 4.74 Å². The van der Waals surface area contributed by atoms with Gasteiger partial charge in [-0.25, -0.2) is 4.39 Å². The summed E-state index contributed by atoms with van der Waals surface area (Å²) in [6.07, 6.45) is 0. The van der Waals surface area contributed by atoms with Crippen LogP contribution in [0.4, 0.5) is 10.1 Å². The summed E-state index contributed by atoms with van der Waals surface area (Å²) in [4.78, 5) is 0. The molecule has 6 heteroatoms. The van der Waals surface area contributed by atoms with Crippen LogP contribution < -0.4 is 10.2 Å². The number of nitriles is 2. The van der Waals surface area contributed by atoms with Crippen molar-refractivity contribution in [3.05, 3.63) is 24.0 Å². The van der Waals surface area contributed by atoms with Crippen LogP contribution in [0.3, 0.4) is 0 Å². The molecule has 1 rings (SSSR count). The van der Waals surface area contributed by atoms with Gasteiger partial charge in [0.1, 0.15) is 29.4 Å². The number of hydrogen-bond acceptors (Lipinski definition) is 5. The number of anilines is 1. The summed E-state index contributed by atoms with van der Waals surface area (Å²) >= 11 is 0. The van der Waals surface area contributed by atoms with Gasteiger partial charge in [-0.05, 0) is 12.1 Å². The summed E-state index contributed by atoms with van der Waals surface area (Å²) in [5.41, 5.74) is 2.27. The summed E-state index contributed by atoms with van der Waals surface area (Å²) in [7, 11) is 1.41. The lowest BCUT2D eigenvalue weighted by Gasteiger charge is -2.06. The minimum absolute atomic E-state index is 0.241. The average Bonchev–Trinajstić information content (AvgIpc) is 2.30. The topological polar surface area (TPSA) is 81.2 Å². The largest absolute Gasteiger partial charge is 0.495 e. The fraction of sp³-hybridized carbons (Fsp3) is 0.100. The number of ether oxygens (including phenoxy) is 1. The maximum Gasteiger partial charge on any atom is 0.237 e. The van der Waals surface area contributed by atoms with Gasteiger partial charge in [0.2, 0.25) is 5.71 Å². The van der Waals surface area contributed by atoms with Gasteiger partial charge in [-0.1, -0.05) is 0 Å². The minimum atomic E-state index is -0.478. The van der Waals surface area contributed by atoms with E-state index in [9.17, 15) is 4.39 Å². The van der Waals surface area contributed by atoms with E-state index >= 15 is 0 Å². The van der Waals surface area contributed by atoms with Crippen molar-refractivity contribution in [2.45, 2.75) is 0 Å². The molecule has 0 unspecified atom stereocenters. The average molecular weight is 218 g/mol. The van der Waals surface area contributed by atoms with Gasteiger partial charge in [-0.2, -0.15) is 15.6 Å². The number of benzene rings is 1. The van der Waals surface area contributed by atoms with Gasteiger partial charge in [0.05, 0.1) is 7.11 Å². The Bertz CT molecular complexity index is 483. The highest BCUT2D eigenvalue weighted by atomic mass is 19.1. The van der Waals surface area contributed by atoms with Gasteiger partial charge in [0.15, 0.2) is 0 Å². The summed E-state index contributed by atoms with van der Waals surface area (Å²) < 4.78 is 17.8. The Labute approximate surface area is 91.4 Å². The van der Waals surface area contributed by atoms with Crippen molar-refractivity contribution in [2.75, 3.05) is 12.5 Å². The number of hydrazone groups is 1. The van der Waals surface area contributed by atoms with Gasteiger partial charge in [0.25, 0.3) is 0 Å². The molecule has 80 valence electrons. The third kappa shape index (κ3) is 2.69. The lowest BCUT2D eigenvalue weighted by molar-refractivity contribution is 0.415. The van der Waals surface area contributed by atoms with Crippen LogP contribution >= 0.6 is 0 Å². The van der Waals surface area contributed by atoms with Crippen molar-refractivity contribution in [3.8, 4) is 17.9 Å². The van der Waals surface area contributed by atoms with E-state index in [0.717, 1.165) is 6.07 Å². The second-order valence-electron chi connectivity index (χ2n) is 2.64. The molecule has 0 radical (unpaired) electrons. The second-order valence-corrected chi connectivity index (χ2v) is 2.64. The third-order valence-corrected chi connectivity index (χ3v) is 1.66. The predicted octanol–water partition coefficient (Wildman–Crippen LogP) is 1.65. The van der Waals surface area contributed by atoms with E-state index in [-0.39, 0.29) is 11.4 Å². The molecule has 1 aromatic rings. The molecule has 5 nitrogen and oxygen atoms in total. The number of methoxy groups -OCH3 is 1. The highest BCUT2D eigenvalue weighted by molar-refractivity contribution is 6.10. The van der Waals surface area contributed by atoms with Gasteiger partial charge in [0, 0.05) is 6.07 Å². The van der Waals surface area contributed by atoms with Crippen molar-refractivity contribution < 1.29 is 9.13 Å². The fourth-order valence-corrected chi connectivity index (χ4v) is 0.959. The van der Waals surface area contributed by atoms with Crippen LogP contribution in [-0.2, 0) is 0 Å². The SMILES string of the molecule is COc1ccc(F)cc1NN=C(C#N)C#N. The summed E-state index contributed by atoms with van der Waals surface area (Å²) in [5.74, 6) is -0.116. The normalized spacial score (nSPS) is 8.50. The molecule has 0 aromatic heterocycles. The molecule has 0 heterocycles. The smallest absolute Gasteiger partial charge is 0.237 e. The summed E-state index contributed by atoms with van der Waals surface area (Å²) in [6.45, 7) is 0. The third-order valence-electron chi connectivity index (χ3n) is 1.66. The molecule has 0 amide bonds. The van der Waals surface area contributed by atoms with Crippen LogP contribution in [0.5, 0.6) is 5.75 Å². The molecule has 1 aromatic carbocycles. The molecule has 0 atom stereocenters. The first kappa shape index (κ1) is 11.5. The second kappa shape index (κ2) is 5.32. The summed E-state index contributed by atoms with van der Waals surface area (Å²) in [5, 5.41) is 20.4. The number of rotatable bonds is 3. The quantitative estimate of drug-likeness (QED) is 0.617. The molecule has 0 fully saturated rings. The number of nitrogens with zero attached hydrogens (tertiary/aromatic N) is 3. The molecule has 0 aliphatic heterocycles. The standard InChI is InChI=1S/C10H7FN4O/c1-16-10-3-2-7(11)4-9(10)15-14-8(5-12)6-13/h2-4,15H,1H3. The van der Waals surface area contributed by atoms with E-state index < -0.39 is 5.82 Å². The molecule has 0 aliphatic rings. The Kier molecular flexibility index (Phi) is 3.82. The first-order valence-electron chi connectivity index (χ1n) is 4.18. The lowest BCUT2D eigenvalue weighted by Crippen LogP contribution is -1.98. The predicted molar refractivity (Wildman–Crippen MR) is 55.2 cm³/mol.